The zero-order valence-corrected chi connectivity index (χ0v) is 11.1. The Kier molecular flexibility index (Phi) is 2.46. The third kappa shape index (κ3) is 1.81. The van der Waals surface area contributed by atoms with Gasteiger partial charge in [-0.3, -0.25) is 4.98 Å². The van der Waals surface area contributed by atoms with Crippen LogP contribution < -0.4 is 5.73 Å². The summed E-state index contributed by atoms with van der Waals surface area (Å²) in [6, 6.07) is 10.4. The Morgan fingerprint density at radius 3 is 2.67 bits per heavy atom. The topological polar surface area (TPSA) is 38.9 Å². The van der Waals surface area contributed by atoms with Crippen molar-refractivity contribution in [2.75, 3.05) is 0 Å². The van der Waals surface area contributed by atoms with Crippen molar-refractivity contribution >= 4 is 10.9 Å². The second-order valence-electron chi connectivity index (χ2n) is 6.37. The monoisotopic (exact) mass is 240 g/mol. The van der Waals surface area contributed by atoms with Gasteiger partial charge in [0.1, 0.15) is 0 Å². The molecule has 2 nitrogen and oxygen atoms in total. The van der Waals surface area contributed by atoms with Crippen LogP contribution in [0, 0.1) is 5.41 Å². The minimum Gasteiger partial charge on any atom is -0.321 e. The van der Waals surface area contributed by atoms with Crippen LogP contribution >= 0.6 is 0 Å². The lowest BCUT2D eigenvalue weighted by Crippen LogP contribution is -2.34. The highest BCUT2D eigenvalue weighted by Crippen LogP contribution is 2.48. The lowest BCUT2D eigenvalue weighted by atomic mass is 9.82. The molecule has 1 aromatic carbocycles. The SMILES string of the molecule is CC1(C)CCC(N)(c2cccc3ncccc23)C1. The first kappa shape index (κ1) is 11.7. The molecule has 1 fully saturated rings. The van der Waals surface area contributed by atoms with E-state index in [0.29, 0.717) is 5.41 Å². The molecule has 1 saturated carbocycles. The van der Waals surface area contributed by atoms with E-state index in [1.165, 1.54) is 17.4 Å². The molecule has 1 unspecified atom stereocenters. The molecule has 2 N–H and O–H groups in total. The maximum Gasteiger partial charge on any atom is 0.0705 e. The van der Waals surface area contributed by atoms with E-state index in [-0.39, 0.29) is 5.54 Å². The first-order valence-corrected chi connectivity index (χ1v) is 6.63. The normalized spacial score (nSPS) is 26.6. The molecular formula is C16H20N2. The Morgan fingerprint density at radius 1 is 1.11 bits per heavy atom. The molecule has 0 radical (unpaired) electrons. The van der Waals surface area contributed by atoms with Gasteiger partial charge in [0, 0.05) is 17.1 Å². The third-order valence-corrected chi connectivity index (χ3v) is 4.22. The third-order valence-electron chi connectivity index (χ3n) is 4.22. The zero-order chi connectivity index (χ0) is 12.8. The summed E-state index contributed by atoms with van der Waals surface area (Å²) < 4.78 is 0. The van der Waals surface area contributed by atoms with Crippen molar-refractivity contribution in [1.82, 2.24) is 4.98 Å². The van der Waals surface area contributed by atoms with E-state index >= 15 is 0 Å². The average molecular weight is 240 g/mol. The molecule has 1 atom stereocenters. The molecule has 2 aromatic rings. The molecule has 1 aliphatic carbocycles. The fraction of sp³-hybridized carbons (Fsp3) is 0.438. The van der Waals surface area contributed by atoms with E-state index in [1.807, 2.05) is 12.3 Å². The number of aromatic nitrogens is 1. The highest BCUT2D eigenvalue weighted by atomic mass is 14.8. The Hall–Kier alpha value is -1.41. The van der Waals surface area contributed by atoms with Crippen molar-refractivity contribution in [2.45, 2.75) is 38.6 Å². The predicted octanol–water partition coefficient (Wildman–Crippen LogP) is 3.60. The van der Waals surface area contributed by atoms with Crippen LogP contribution in [-0.4, -0.2) is 4.98 Å². The van der Waals surface area contributed by atoms with Crippen molar-refractivity contribution in [3.8, 4) is 0 Å². The van der Waals surface area contributed by atoms with Crippen LogP contribution in [0.1, 0.15) is 38.7 Å². The Bertz CT molecular complexity index is 583. The quantitative estimate of drug-likeness (QED) is 0.827. The van der Waals surface area contributed by atoms with Gasteiger partial charge < -0.3 is 5.73 Å². The van der Waals surface area contributed by atoms with Crippen LogP contribution in [0.2, 0.25) is 0 Å². The molecule has 0 aliphatic heterocycles. The van der Waals surface area contributed by atoms with Crippen LogP contribution in [0.3, 0.4) is 0 Å². The number of rotatable bonds is 1. The van der Waals surface area contributed by atoms with Gasteiger partial charge in [0.2, 0.25) is 0 Å². The van der Waals surface area contributed by atoms with Gasteiger partial charge in [-0.2, -0.15) is 0 Å². The first-order valence-electron chi connectivity index (χ1n) is 6.63. The Labute approximate surface area is 108 Å². The van der Waals surface area contributed by atoms with Crippen molar-refractivity contribution in [2.24, 2.45) is 11.1 Å². The molecule has 0 bridgehead atoms. The van der Waals surface area contributed by atoms with Gasteiger partial charge in [-0.05, 0) is 42.4 Å². The molecule has 0 amide bonds. The number of fused-ring (bicyclic) bond motifs is 1. The largest absolute Gasteiger partial charge is 0.321 e. The fourth-order valence-electron chi connectivity index (χ4n) is 3.36. The molecule has 18 heavy (non-hydrogen) atoms. The van der Waals surface area contributed by atoms with Gasteiger partial charge in [0.25, 0.3) is 0 Å². The number of hydrogen-bond donors (Lipinski definition) is 1. The number of nitrogens with zero attached hydrogens (tertiary/aromatic N) is 1. The van der Waals surface area contributed by atoms with E-state index in [9.17, 15) is 0 Å². The van der Waals surface area contributed by atoms with Crippen molar-refractivity contribution < 1.29 is 0 Å². The van der Waals surface area contributed by atoms with E-state index < -0.39 is 0 Å². The smallest absolute Gasteiger partial charge is 0.0705 e. The van der Waals surface area contributed by atoms with E-state index in [2.05, 4.69) is 43.1 Å². The van der Waals surface area contributed by atoms with Crippen LogP contribution in [0.5, 0.6) is 0 Å². The summed E-state index contributed by atoms with van der Waals surface area (Å²) in [4.78, 5) is 4.43. The van der Waals surface area contributed by atoms with Crippen LogP contribution in [0.25, 0.3) is 10.9 Å². The Balaban J connectivity index is 2.15. The van der Waals surface area contributed by atoms with Gasteiger partial charge in [-0.15, -0.1) is 0 Å². The van der Waals surface area contributed by atoms with Gasteiger partial charge in [0.15, 0.2) is 0 Å². The highest BCUT2D eigenvalue weighted by molar-refractivity contribution is 5.83. The van der Waals surface area contributed by atoms with Gasteiger partial charge in [-0.25, -0.2) is 0 Å². The van der Waals surface area contributed by atoms with E-state index in [4.69, 9.17) is 5.73 Å². The minimum absolute atomic E-state index is 0.188. The molecule has 0 saturated heterocycles. The molecule has 1 aromatic heterocycles. The number of hydrogen-bond acceptors (Lipinski definition) is 2. The molecule has 1 heterocycles. The van der Waals surface area contributed by atoms with Crippen LogP contribution in [0.4, 0.5) is 0 Å². The molecular weight excluding hydrogens is 220 g/mol. The van der Waals surface area contributed by atoms with Gasteiger partial charge in [0.05, 0.1) is 5.52 Å². The average Bonchev–Trinajstić information content (AvgIpc) is 2.64. The van der Waals surface area contributed by atoms with Crippen LogP contribution in [-0.2, 0) is 5.54 Å². The maximum atomic E-state index is 6.69. The Morgan fingerprint density at radius 2 is 1.94 bits per heavy atom. The summed E-state index contributed by atoms with van der Waals surface area (Å²) in [5, 5.41) is 1.21. The predicted molar refractivity (Wildman–Crippen MR) is 75.2 cm³/mol. The summed E-state index contributed by atoms with van der Waals surface area (Å²) in [5.41, 5.74) is 9.16. The van der Waals surface area contributed by atoms with Crippen molar-refractivity contribution in [3.05, 3.63) is 42.1 Å². The minimum atomic E-state index is -0.188. The number of nitrogens with two attached hydrogens (primary N) is 1. The summed E-state index contributed by atoms with van der Waals surface area (Å²) in [6.45, 7) is 4.62. The van der Waals surface area contributed by atoms with Gasteiger partial charge in [-0.1, -0.05) is 32.0 Å². The molecule has 3 rings (SSSR count). The maximum absolute atomic E-state index is 6.69. The molecule has 0 spiro atoms. The standard InChI is InChI=1S/C16H20N2/c1-15(2)8-9-16(17,11-15)13-6-3-7-14-12(13)5-4-10-18-14/h3-7,10H,8-9,11,17H2,1-2H3. The summed E-state index contributed by atoms with van der Waals surface area (Å²) in [7, 11) is 0. The summed E-state index contributed by atoms with van der Waals surface area (Å²) in [6.07, 6.45) is 5.15. The lowest BCUT2D eigenvalue weighted by Gasteiger charge is -2.28. The molecule has 2 heteroatoms. The number of pyridine rings is 1. The van der Waals surface area contributed by atoms with Crippen molar-refractivity contribution in [1.29, 1.82) is 0 Å². The summed E-state index contributed by atoms with van der Waals surface area (Å²) >= 11 is 0. The fourth-order valence-corrected chi connectivity index (χ4v) is 3.36. The van der Waals surface area contributed by atoms with Crippen molar-refractivity contribution in [3.63, 3.8) is 0 Å². The lowest BCUT2D eigenvalue weighted by molar-refractivity contribution is 0.341. The molecule has 94 valence electrons. The number of benzene rings is 1. The zero-order valence-electron chi connectivity index (χ0n) is 11.1. The summed E-state index contributed by atoms with van der Waals surface area (Å²) in [5.74, 6) is 0. The van der Waals surface area contributed by atoms with E-state index in [1.54, 1.807) is 0 Å². The molecule has 1 aliphatic rings. The van der Waals surface area contributed by atoms with Crippen LogP contribution in [0.15, 0.2) is 36.5 Å². The second-order valence-corrected chi connectivity index (χ2v) is 6.37. The first-order chi connectivity index (χ1) is 8.50. The van der Waals surface area contributed by atoms with Gasteiger partial charge >= 0.3 is 0 Å². The van der Waals surface area contributed by atoms with E-state index in [0.717, 1.165) is 18.4 Å². The highest BCUT2D eigenvalue weighted by Gasteiger charge is 2.42. The second kappa shape index (κ2) is 3.79.